The number of nitro groups is 1. The molecule has 22 heavy (non-hydrogen) atoms. The van der Waals surface area contributed by atoms with Crippen molar-refractivity contribution < 1.29 is 9.66 Å². The van der Waals surface area contributed by atoms with Gasteiger partial charge in [-0.25, -0.2) is 0 Å². The van der Waals surface area contributed by atoms with E-state index in [0.29, 0.717) is 5.92 Å². The number of hydrogen-bond donors (Lipinski definition) is 0. The predicted molar refractivity (Wildman–Crippen MR) is 87.2 cm³/mol. The highest BCUT2D eigenvalue weighted by Crippen LogP contribution is 2.31. The van der Waals surface area contributed by atoms with Gasteiger partial charge in [0.1, 0.15) is 0 Å². The van der Waals surface area contributed by atoms with Crippen LogP contribution in [0, 0.1) is 16.0 Å². The second-order valence-electron chi connectivity index (χ2n) is 6.01. The van der Waals surface area contributed by atoms with Gasteiger partial charge in [-0.05, 0) is 37.7 Å². The van der Waals surface area contributed by atoms with Crippen molar-refractivity contribution in [2.75, 3.05) is 19.8 Å². The molecular formula is C16H25ClN2O3. The van der Waals surface area contributed by atoms with Crippen molar-refractivity contribution in [1.29, 1.82) is 0 Å². The van der Waals surface area contributed by atoms with Crippen LogP contribution in [-0.2, 0) is 4.74 Å². The van der Waals surface area contributed by atoms with E-state index in [1.54, 1.807) is 6.08 Å². The second kappa shape index (κ2) is 8.53. The molecule has 0 spiro atoms. The van der Waals surface area contributed by atoms with E-state index in [9.17, 15) is 10.1 Å². The molecule has 0 amide bonds. The SMILES string of the molecule is CCCCCC1=CC=C([N+](=O)[O-])C(Cl)N1CC1CCOCC1. The van der Waals surface area contributed by atoms with Gasteiger partial charge in [0.05, 0.1) is 4.92 Å². The third-order valence-electron chi connectivity index (χ3n) is 4.38. The molecule has 0 N–H and O–H groups in total. The summed E-state index contributed by atoms with van der Waals surface area (Å²) in [5, 5.41) is 11.1. The number of ether oxygens (including phenoxy) is 1. The van der Waals surface area contributed by atoms with Gasteiger partial charge >= 0.3 is 0 Å². The summed E-state index contributed by atoms with van der Waals surface area (Å²) in [6.07, 6.45) is 9.81. The lowest BCUT2D eigenvalue weighted by molar-refractivity contribution is -0.430. The Morgan fingerprint density at radius 3 is 2.73 bits per heavy atom. The van der Waals surface area contributed by atoms with Crippen LogP contribution >= 0.6 is 11.6 Å². The number of alkyl halides is 1. The Balaban J connectivity index is 2.08. The molecule has 0 aliphatic carbocycles. The number of rotatable bonds is 7. The van der Waals surface area contributed by atoms with E-state index in [-0.39, 0.29) is 10.6 Å². The molecule has 0 bridgehead atoms. The molecule has 1 saturated heterocycles. The van der Waals surface area contributed by atoms with Crippen molar-refractivity contribution >= 4 is 11.6 Å². The molecule has 2 rings (SSSR count). The zero-order chi connectivity index (χ0) is 15.9. The van der Waals surface area contributed by atoms with Crippen molar-refractivity contribution in [3.05, 3.63) is 33.7 Å². The van der Waals surface area contributed by atoms with Crippen LogP contribution in [0.1, 0.15) is 45.4 Å². The molecule has 1 fully saturated rings. The predicted octanol–water partition coefficient (Wildman–Crippen LogP) is 3.92. The first-order valence-electron chi connectivity index (χ1n) is 8.17. The van der Waals surface area contributed by atoms with Crippen LogP contribution in [0.25, 0.3) is 0 Å². The summed E-state index contributed by atoms with van der Waals surface area (Å²) in [4.78, 5) is 12.8. The molecule has 0 radical (unpaired) electrons. The van der Waals surface area contributed by atoms with Crippen LogP contribution in [0.2, 0.25) is 0 Å². The maximum atomic E-state index is 11.1. The lowest BCUT2D eigenvalue weighted by Crippen LogP contribution is -2.40. The van der Waals surface area contributed by atoms with Crippen molar-refractivity contribution in [1.82, 2.24) is 4.90 Å². The van der Waals surface area contributed by atoms with Gasteiger partial charge in [-0.2, -0.15) is 0 Å². The minimum absolute atomic E-state index is 0.0768. The minimum Gasteiger partial charge on any atom is -0.381 e. The van der Waals surface area contributed by atoms with E-state index in [4.69, 9.17) is 16.3 Å². The average Bonchev–Trinajstić information content (AvgIpc) is 2.51. The van der Waals surface area contributed by atoms with Crippen LogP contribution in [0.15, 0.2) is 23.5 Å². The second-order valence-corrected chi connectivity index (χ2v) is 6.42. The maximum Gasteiger partial charge on any atom is 0.283 e. The van der Waals surface area contributed by atoms with Crippen LogP contribution < -0.4 is 0 Å². The topological polar surface area (TPSA) is 55.6 Å². The van der Waals surface area contributed by atoms with E-state index >= 15 is 0 Å². The smallest absolute Gasteiger partial charge is 0.283 e. The molecule has 2 aliphatic rings. The van der Waals surface area contributed by atoms with Gasteiger partial charge in [0.15, 0.2) is 5.50 Å². The van der Waals surface area contributed by atoms with E-state index in [0.717, 1.165) is 57.6 Å². The number of halogens is 1. The van der Waals surface area contributed by atoms with E-state index in [2.05, 4.69) is 6.92 Å². The number of nitrogens with zero attached hydrogens (tertiary/aromatic N) is 2. The van der Waals surface area contributed by atoms with Crippen LogP contribution in [0.5, 0.6) is 0 Å². The van der Waals surface area contributed by atoms with Gasteiger partial charge in [0.2, 0.25) is 0 Å². The standard InChI is InChI=1S/C16H25ClN2O3/c1-2-3-4-5-14-6-7-15(19(20)21)16(17)18(14)12-13-8-10-22-11-9-13/h6-7,13,16H,2-5,8-12H2,1H3. The largest absolute Gasteiger partial charge is 0.381 e. The highest BCUT2D eigenvalue weighted by Gasteiger charge is 2.34. The van der Waals surface area contributed by atoms with Gasteiger partial charge in [0, 0.05) is 31.5 Å². The molecule has 0 saturated carbocycles. The third kappa shape index (κ3) is 4.46. The van der Waals surface area contributed by atoms with Gasteiger partial charge in [-0.1, -0.05) is 31.4 Å². The maximum absolute atomic E-state index is 11.1. The fourth-order valence-electron chi connectivity index (χ4n) is 3.01. The first kappa shape index (κ1) is 17.3. The van der Waals surface area contributed by atoms with Crippen LogP contribution in [0.3, 0.4) is 0 Å². The van der Waals surface area contributed by atoms with Gasteiger partial charge in [0.25, 0.3) is 5.70 Å². The Kier molecular flexibility index (Phi) is 6.70. The summed E-state index contributed by atoms with van der Waals surface area (Å²) in [6.45, 7) is 4.50. The monoisotopic (exact) mass is 328 g/mol. The molecule has 0 aromatic heterocycles. The molecule has 0 aromatic rings. The minimum atomic E-state index is -0.667. The summed E-state index contributed by atoms with van der Waals surface area (Å²) < 4.78 is 5.40. The fraction of sp³-hybridized carbons (Fsp3) is 0.750. The molecule has 124 valence electrons. The van der Waals surface area contributed by atoms with E-state index < -0.39 is 5.50 Å². The lowest BCUT2D eigenvalue weighted by atomic mass is 9.98. The summed E-state index contributed by atoms with van der Waals surface area (Å²) in [7, 11) is 0. The third-order valence-corrected chi connectivity index (χ3v) is 4.84. The highest BCUT2D eigenvalue weighted by molar-refractivity contribution is 6.22. The first-order valence-corrected chi connectivity index (χ1v) is 8.60. The normalized spacial score (nSPS) is 23.2. The number of allylic oxidation sites excluding steroid dienone is 3. The van der Waals surface area contributed by atoms with Crippen molar-refractivity contribution in [3.63, 3.8) is 0 Å². The summed E-state index contributed by atoms with van der Waals surface area (Å²) in [6, 6.07) is 0. The molecular weight excluding hydrogens is 304 g/mol. The molecule has 5 nitrogen and oxygen atoms in total. The highest BCUT2D eigenvalue weighted by atomic mass is 35.5. The molecule has 2 heterocycles. The Bertz CT molecular complexity index is 445. The van der Waals surface area contributed by atoms with Crippen molar-refractivity contribution in [2.45, 2.75) is 50.9 Å². The lowest BCUT2D eigenvalue weighted by Gasteiger charge is -2.36. The molecule has 0 aromatic carbocycles. The molecule has 1 atom stereocenters. The van der Waals surface area contributed by atoms with Crippen molar-refractivity contribution in [3.8, 4) is 0 Å². The zero-order valence-electron chi connectivity index (χ0n) is 13.2. The Morgan fingerprint density at radius 1 is 1.36 bits per heavy atom. The van der Waals surface area contributed by atoms with Crippen LogP contribution in [-0.4, -0.2) is 35.1 Å². The summed E-state index contributed by atoms with van der Waals surface area (Å²) in [5.74, 6) is 0.496. The summed E-state index contributed by atoms with van der Waals surface area (Å²) >= 11 is 6.41. The first-order chi connectivity index (χ1) is 10.6. The Hall–Kier alpha value is -1.07. The van der Waals surface area contributed by atoms with Crippen molar-refractivity contribution in [2.24, 2.45) is 5.92 Å². The van der Waals surface area contributed by atoms with Gasteiger partial charge in [-0.15, -0.1) is 0 Å². The summed E-state index contributed by atoms with van der Waals surface area (Å²) in [5.41, 5.74) is 0.540. The number of hydrogen-bond acceptors (Lipinski definition) is 4. The fourth-order valence-corrected chi connectivity index (χ4v) is 3.37. The van der Waals surface area contributed by atoms with Gasteiger partial charge in [-0.3, -0.25) is 10.1 Å². The van der Waals surface area contributed by atoms with E-state index in [1.165, 1.54) is 6.42 Å². The Morgan fingerprint density at radius 2 is 2.09 bits per heavy atom. The quantitative estimate of drug-likeness (QED) is 0.234. The van der Waals surface area contributed by atoms with Crippen LogP contribution in [0.4, 0.5) is 0 Å². The molecule has 2 aliphatic heterocycles. The van der Waals surface area contributed by atoms with E-state index in [1.807, 2.05) is 11.0 Å². The zero-order valence-corrected chi connectivity index (χ0v) is 13.9. The average molecular weight is 329 g/mol. The molecule has 6 heteroatoms. The Labute approximate surface area is 137 Å². The molecule has 1 unspecified atom stereocenters. The van der Waals surface area contributed by atoms with Gasteiger partial charge < -0.3 is 9.64 Å². The number of unbranched alkanes of at least 4 members (excludes halogenated alkanes) is 2.